The van der Waals surface area contributed by atoms with E-state index in [1.807, 2.05) is 20.8 Å². The monoisotopic (exact) mass is 291 g/mol. The lowest BCUT2D eigenvalue weighted by molar-refractivity contribution is 0.403. The van der Waals surface area contributed by atoms with Crippen LogP contribution in [0.25, 0.3) is 0 Å². The molecule has 1 rings (SSSR count). The van der Waals surface area contributed by atoms with E-state index < -0.39 is 19.6 Å². The Kier molecular flexibility index (Phi) is 5.49. The highest BCUT2D eigenvalue weighted by molar-refractivity contribution is 7.90. The van der Waals surface area contributed by atoms with Crippen LogP contribution in [-0.2, 0) is 22.5 Å². The molecule has 1 aromatic rings. The molecule has 100 valence electrons. The van der Waals surface area contributed by atoms with Crippen molar-refractivity contribution in [1.82, 2.24) is 9.71 Å². The molecule has 1 heterocycles. The van der Waals surface area contributed by atoms with Gasteiger partial charge >= 0.3 is 8.25 Å². The van der Waals surface area contributed by atoms with Gasteiger partial charge in [-0.1, -0.05) is 6.07 Å². The molecule has 0 aliphatic carbocycles. The molecular weight excluding hydrogens is 275 g/mol. The molecular formula is C10H16N2O4PS+. The quantitative estimate of drug-likeness (QED) is 0.633. The summed E-state index contributed by atoms with van der Waals surface area (Å²) in [7, 11) is -2.72. The van der Waals surface area contributed by atoms with Crippen molar-refractivity contribution in [2.75, 3.05) is 0 Å². The summed E-state index contributed by atoms with van der Waals surface area (Å²) in [5.74, 6) is 0.0689. The van der Waals surface area contributed by atoms with E-state index in [2.05, 4.69) is 14.2 Å². The van der Waals surface area contributed by atoms with E-state index in [9.17, 15) is 9.12 Å². The average Bonchev–Trinajstić information content (AvgIpc) is 2.24. The molecule has 0 bridgehead atoms. The second kappa shape index (κ2) is 6.45. The molecule has 2 N–H and O–H groups in total. The van der Waals surface area contributed by atoms with E-state index in [1.54, 1.807) is 12.1 Å². The molecule has 0 saturated heterocycles. The molecule has 0 fully saturated rings. The van der Waals surface area contributed by atoms with Gasteiger partial charge in [0.1, 0.15) is 4.75 Å². The lowest BCUT2D eigenvalue weighted by Gasteiger charge is -2.23. The minimum atomic E-state index is -2.72. The number of hydrogen-bond acceptors (Lipinski definition) is 5. The summed E-state index contributed by atoms with van der Waals surface area (Å²) in [5.41, 5.74) is 0.585. The topological polar surface area (TPSA) is 94.5 Å². The zero-order valence-electron chi connectivity index (χ0n) is 10.4. The van der Waals surface area contributed by atoms with Crippen molar-refractivity contribution < 1.29 is 18.5 Å². The molecule has 18 heavy (non-hydrogen) atoms. The summed E-state index contributed by atoms with van der Waals surface area (Å²) in [6.07, 6.45) is 0. The lowest BCUT2D eigenvalue weighted by atomic mass is 10.3. The van der Waals surface area contributed by atoms with Gasteiger partial charge in [-0.05, 0) is 26.8 Å². The van der Waals surface area contributed by atoms with Crippen molar-refractivity contribution in [3.63, 3.8) is 0 Å². The van der Waals surface area contributed by atoms with Crippen molar-refractivity contribution in [2.24, 2.45) is 0 Å². The molecule has 0 aromatic carbocycles. The Morgan fingerprint density at radius 1 is 1.56 bits per heavy atom. The lowest BCUT2D eigenvalue weighted by Crippen LogP contribution is -2.39. The zero-order valence-corrected chi connectivity index (χ0v) is 12.1. The molecule has 8 heteroatoms. The summed E-state index contributed by atoms with van der Waals surface area (Å²) in [6, 6.07) is 4.84. The summed E-state index contributed by atoms with van der Waals surface area (Å²) in [4.78, 5) is 12.6. The van der Waals surface area contributed by atoms with Crippen LogP contribution in [0.5, 0.6) is 5.88 Å². The van der Waals surface area contributed by atoms with E-state index in [0.717, 1.165) is 0 Å². The van der Waals surface area contributed by atoms with Crippen LogP contribution in [0.4, 0.5) is 0 Å². The number of aromatic nitrogens is 1. The van der Waals surface area contributed by atoms with Gasteiger partial charge in [0.2, 0.25) is 0 Å². The Bertz CT molecular complexity index is 425. The van der Waals surface area contributed by atoms with Gasteiger partial charge < -0.3 is 4.55 Å². The molecule has 0 aliphatic rings. The predicted molar refractivity (Wildman–Crippen MR) is 69.4 cm³/mol. The average molecular weight is 291 g/mol. The van der Waals surface area contributed by atoms with Crippen LogP contribution in [0.1, 0.15) is 26.5 Å². The van der Waals surface area contributed by atoms with Crippen molar-refractivity contribution in [2.45, 2.75) is 32.1 Å². The second-order valence-electron chi connectivity index (χ2n) is 4.50. The van der Waals surface area contributed by atoms with Crippen molar-refractivity contribution in [1.29, 1.82) is 0 Å². The van der Waals surface area contributed by atoms with Gasteiger partial charge in [0, 0.05) is 22.0 Å². The maximum absolute atomic E-state index is 11.8. The maximum Gasteiger partial charge on any atom is 0.749 e. The first-order valence-electron chi connectivity index (χ1n) is 5.24. The Labute approximate surface area is 110 Å². The number of hydrogen-bond donors (Lipinski definition) is 2. The molecule has 2 atom stereocenters. The van der Waals surface area contributed by atoms with Crippen LogP contribution in [-0.4, -0.2) is 19.2 Å². The van der Waals surface area contributed by atoms with Crippen LogP contribution in [0.3, 0.4) is 0 Å². The fraction of sp³-hybridized carbons (Fsp3) is 0.500. The van der Waals surface area contributed by atoms with Gasteiger partial charge in [-0.15, -0.1) is 9.62 Å². The molecule has 2 unspecified atom stereocenters. The normalized spacial score (nSPS) is 14.2. The number of pyridine rings is 1. The molecule has 0 spiro atoms. The third kappa shape index (κ3) is 5.29. The van der Waals surface area contributed by atoms with Crippen molar-refractivity contribution in [3.05, 3.63) is 23.9 Å². The standard InChI is InChI=1S/C10H15N2O4PS/c1-10(2,3)18(15)11-7-8-5-4-6-9(12-8)16-17(13)14/h4-6,11H,7H2,1-3H3/p+1. The van der Waals surface area contributed by atoms with Gasteiger partial charge in [0.05, 0.1) is 12.2 Å². The van der Waals surface area contributed by atoms with Crippen LogP contribution in [0, 0.1) is 0 Å². The number of nitrogens with one attached hydrogen (secondary N) is 1. The van der Waals surface area contributed by atoms with E-state index in [-0.39, 0.29) is 10.6 Å². The highest BCUT2D eigenvalue weighted by Crippen LogP contribution is 2.20. The largest absolute Gasteiger partial charge is 0.749 e. The summed E-state index contributed by atoms with van der Waals surface area (Å²) >= 11 is -1.19. The number of nitrogens with zero attached hydrogens (tertiary/aromatic N) is 1. The van der Waals surface area contributed by atoms with Gasteiger partial charge in [-0.3, -0.25) is 0 Å². The van der Waals surface area contributed by atoms with Crippen LogP contribution in [0.15, 0.2) is 18.2 Å². The van der Waals surface area contributed by atoms with Crippen molar-refractivity contribution in [3.8, 4) is 5.88 Å². The smallest absolute Gasteiger partial charge is 0.598 e. The zero-order chi connectivity index (χ0) is 13.8. The van der Waals surface area contributed by atoms with E-state index in [0.29, 0.717) is 12.2 Å². The molecule has 0 radical (unpaired) electrons. The highest BCUT2D eigenvalue weighted by Gasteiger charge is 2.26. The second-order valence-corrected chi connectivity index (χ2v) is 7.21. The molecule has 0 aliphatic heterocycles. The third-order valence-corrected chi connectivity index (χ3v) is 3.76. The molecule has 6 nitrogen and oxygen atoms in total. The minimum absolute atomic E-state index is 0.0689. The summed E-state index contributed by atoms with van der Waals surface area (Å²) < 4.78 is 29.3. The SMILES string of the molecule is CC(C)(C)[S+]([O-])NCc1cccc(O[P+](=O)O)n1. The molecule has 0 saturated carbocycles. The van der Waals surface area contributed by atoms with Crippen molar-refractivity contribution >= 4 is 19.6 Å². The van der Waals surface area contributed by atoms with Crippen LogP contribution >= 0.6 is 8.25 Å². The fourth-order valence-electron chi connectivity index (χ4n) is 1.04. The Morgan fingerprint density at radius 2 is 2.22 bits per heavy atom. The van der Waals surface area contributed by atoms with Gasteiger partial charge in [-0.2, -0.15) is 0 Å². The van der Waals surface area contributed by atoms with E-state index in [4.69, 9.17) is 4.89 Å². The van der Waals surface area contributed by atoms with E-state index in [1.165, 1.54) is 6.07 Å². The van der Waals surface area contributed by atoms with Crippen LogP contribution in [0.2, 0.25) is 0 Å². The molecule has 0 amide bonds. The number of rotatable bonds is 5. The summed E-state index contributed by atoms with van der Waals surface area (Å²) in [6.45, 7) is 5.88. The van der Waals surface area contributed by atoms with Gasteiger partial charge in [0.15, 0.2) is 0 Å². The van der Waals surface area contributed by atoms with Gasteiger partial charge in [0.25, 0.3) is 5.88 Å². The minimum Gasteiger partial charge on any atom is -0.598 e. The van der Waals surface area contributed by atoms with E-state index >= 15 is 0 Å². The first-order chi connectivity index (χ1) is 8.29. The molecule has 1 aromatic heterocycles. The Morgan fingerprint density at radius 3 is 2.78 bits per heavy atom. The fourth-order valence-corrected chi connectivity index (χ4v) is 2.02. The van der Waals surface area contributed by atoms with Crippen LogP contribution < -0.4 is 9.25 Å². The third-order valence-electron chi connectivity index (χ3n) is 1.89. The Balaban J connectivity index is 2.60. The Hall–Kier alpha value is -0.720. The highest BCUT2D eigenvalue weighted by atomic mass is 32.2. The first-order valence-corrected chi connectivity index (χ1v) is 7.52. The predicted octanol–water partition coefficient (Wildman–Crippen LogP) is 1.66. The summed E-state index contributed by atoms with van der Waals surface area (Å²) in [5, 5.41) is 0. The first kappa shape index (κ1) is 15.3. The van der Waals surface area contributed by atoms with Gasteiger partial charge in [-0.25, -0.2) is 9.51 Å². The maximum atomic E-state index is 11.8.